The molecule has 0 aromatic heterocycles. The van der Waals surface area contributed by atoms with E-state index < -0.39 is 0 Å². The van der Waals surface area contributed by atoms with E-state index in [9.17, 15) is 4.79 Å². The molecule has 0 heterocycles. The maximum atomic E-state index is 12.6. The molecule has 0 aliphatic heterocycles. The Morgan fingerprint density at radius 3 is 2.75 bits per heavy atom. The molecule has 1 heteroatoms. The molecule has 0 spiro atoms. The Morgan fingerprint density at radius 1 is 1.19 bits per heavy atom. The zero-order valence-electron chi connectivity index (χ0n) is 10.5. The maximum Gasteiger partial charge on any atom is 0.165 e. The average molecular weight is 218 g/mol. The Morgan fingerprint density at radius 2 is 1.94 bits per heavy atom. The first-order valence-electron chi connectivity index (χ1n) is 6.89. The van der Waals surface area contributed by atoms with Crippen molar-refractivity contribution in [2.45, 2.75) is 58.8 Å². The molecule has 0 radical (unpaired) electrons. The molecule has 0 amide bonds. The van der Waals surface area contributed by atoms with E-state index in [1.54, 1.807) is 5.57 Å². The third-order valence-electron chi connectivity index (χ3n) is 5.21. The van der Waals surface area contributed by atoms with Crippen molar-refractivity contribution < 1.29 is 4.79 Å². The molecule has 0 aromatic carbocycles. The quantitative estimate of drug-likeness (QED) is 0.603. The fourth-order valence-electron chi connectivity index (χ4n) is 4.46. The summed E-state index contributed by atoms with van der Waals surface area (Å²) in [6.07, 6.45) is 8.57. The van der Waals surface area contributed by atoms with Crippen molar-refractivity contribution in [3.8, 4) is 0 Å². The van der Waals surface area contributed by atoms with E-state index in [4.69, 9.17) is 0 Å². The predicted octanol–water partition coefficient (Wildman–Crippen LogP) is 3.88. The Bertz CT molecular complexity index is 366. The van der Waals surface area contributed by atoms with Crippen LogP contribution in [-0.4, -0.2) is 5.78 Å². The summed E-state index contributed by atoms with van der Waals surface area (Å²) in [4.78, 5) is 12.6. The fraction of sp³-hybridized carbons (Fsp3) is 0.800. The first kappa shape index (κ1) is 10.6. The van der Waals surface area contributed by atoms with E-state index in [0.29, 0.717) is 11.7 Å². The zero-order valence-corrected chi connectivity index (χ0v) is 10.5. The second-order valence-corrected chi connectivity index (χ2v) is 6.40. The Kier molecular flexibility index (Phi) is 2.28. The maximum absolute atomic E-state index is 12.6. The molecule has 0 N–H and O–H groups in total. The third kappa shape index (κ3) is 1.26. The summed E-state index contributed by atoms with van der Waals surface area (Å²) >= 11 is 0. The van der Waals surface area contributed by atoms with Gasteiger partial charge in [0.1, 0.15) is 0 Å². The van der Waals surface area contributed by atoms with E-state index in [-0.39, 0.29) is 5.41 Å². The van der Waals surface area contributed by atoms with Gasteiger partial charge in [-0.05, 0) is 55.9 Å². The summed E-state index contributed by atoms with van der Waals surface area (Å²) in [5.41, 5.74) is 2.82. The number of rotatable bonds is 0. The monoisotopic (exact) mass is 218 g/mol. The molecule has 16 heavy (non-hydrogen) atoms. The lowest BCUT2D eigenvalue weighted by Gasteiger charge is -2.39. The van der Waals surface area contributed by atoms with Crippen molar-refractivity contribution >= 4 is 5.78 Å². The summed E-state index contributed by atoms with van der Waals surface area (Å²) in [5.74, 6) is 1.89. The van der Waals surface area contributed by atoms with Crippen molar-refractivity contribution in [1.82, 2.24) is 0 Å². The molecule has 88 valence electrons. The van der Waals surface area contributed by atoms with E-state index in [0.717, 1.165) is 18.8 Å². The van der Waals surface area contributed by atoms with Gasteiger partial charge in [0, 0.05) is 5.41 Å². The van der Waals surface area contributed by atoms with Crippen LogP contribution in [0.2, 0.25) is 0 Å². The van der Waals surface area contributed by atoms with Crippen molar-refractivity contribution in [3.05, 3.63) is 11.1 Å². The van der Waals surface area contributed by atoms with E-state index in [1.165, 1.54) is 37.7 Å². The predicted molar refractivity (Wildman–Crippen MR) is 65.1 cm³/mol. The van der Waals surface area contributed by atoms with Gasteiger partial charge in [-0.15, -0.1) is 0 Å². The van der Waals surface area contributed by atoms with Crippen LogP contribution in [0, 0.1) is 17.3 Å². The molecule has 1 nitrogen and oxygen atoms in total. The van der Waals surface area contributed by atoms with Crippen LogP contribution in [0.25, 0.3) is 0 Å². The SMILES string of the molecule is C[C@H]1CC[C@@H]2C3=C(CCCC3)C(=O)[C@]2(C)C1. The number of hydrogen-bond acceptors (Lipinski definition) is 1. The third-order valence-corrected chi connectivity index (χ3v) is 5.21. The Balaban J connectivity index is 2.00. The van der Waals surface area contributed by atoms with Crippen molar-refractivity contribution in [1.29, 1.82) is 0 Å². The van der Waals surface area contributed by atoms with Gasteiger partial charge in [-0.2, -0.15) is 0 Å². The van der Waals surface area contributed by atoms with Gasteiger partial charge in [-0.1, -0.05) is 25.8 Å². The molecule has 3 aliphatic rings. The smallest absolute Gasteiger partial charge is 0.165 e. The van der Waals surface area contributed by atoms with Gasteiger partial charge in [-0.3, -0.25) is 4.79 Å². The fourth-order valence-corrected chi connectivity index (χ4v) is 4.46. The van der Waals surface area contributed by atoms with E-state index in [2.05, 4.69) is 13.8 Å². The standard InChI is InChI=1S/C15H22O/c1-10-7-8-13-11-5-3-4-6-12(11)14(16)15(13,2)9-10/h10,13H,3-9H2,1-2H3/t10-,13+,15+/m0/s1. The summed E-state index contributed by atoms with van der Waals surface area (Å²) in [5, 5.41) is 0. The molecule has 1 fully saturated rings. The number of hydrogen-bond donors (Lipinski definition) is 0. The van der Waals surface area contributed by atoms with Gasteiger partial charge >= 0.3 is 0 Å². The van der Waals surface area contributed by atoms with E-state index in [1.807, 2.05) is 0 Å². The molecule has 0 saturated heterocycles. The van der Waals surface area contributed by atoms with Crippen LogP contribution in [0.15, 0.2) is 11.1 Å². The number of ketones is 1. The minimum absolute atomic E-state index is 0.00727. The van der Waals surface area contributed by atoms with Crippen LogP contribution in [0.4, 0.5) is 0 Å². The van der Waals surface area contributed by atoms with Gasteiger partial charge in [0.05, 0.1) is 0 Å². The largest absolute Gasteiger partial charge is 0.294 e. The van der Waals surface area contributed by atoms with Gasteiger partial charge in [-0.25, -0.2) is 0 Å². The number of Topliss-reactive ketones (excluding diaryl/α,β-unsaturated/α-hetero) is 1. The summed E-state index contributed by atoms with van der Waals surface area (Å²) < 4.78 is 0. The van der Waals surface area contributed by atoms with Crippen LogP contribution in [0.5, 0.6) is 0 Å². The Labute approximate surface area is 98.3 Å². The molecule has 3 rings (SSSR count). The highest BCUT2D eigenvalue weighted by atomic mass is 16.1. The zero-order chi connectivity index (χ0) is 11.3. The molecule has 3 atom stereocenters. The number of carbonyl (C=O) groups is 1. The molecule has 1 saturated carbocycles. The topological polar surface area (TPSA) is 17.1 Å². The van der Waals surface area contributed by atoms with Crippen LogP contribution < -0.4 is 0 Å². The highest BCUT2D eigenvalue weighted by Crippen LogP contribution is 2.56. The second-order valence-electron chi connectivity index (χ2n) is 6.40. The highest BCUT2D eigenvalue weighted by Gasteiger charge is 2.52. The number of carbonyl (C=O) groups excluding carboxylic acids is 1. The second kappa shape index (κ2) is 3.45. The van der Waals surface area contributed by atoms with Crippen LogP contribution in [-0.2, 0) is 4.79 Å². The van der Waals surface area contributed by atoms with E-state index >= 15 is 0 Å². The minimum Gasteiger partial charge on any atom is -0.294 e. The molecule has 0 unspecified atom stereocenters. The van der Waals surface area contributed by atoms with Crippen molar-refractivity contribution in [2.75, 3.05) is 0 Å². The van der Waals surface area contributed by atoms with Crippen molar-refractivity contribution in [3.63, 3.8) is 0 Å². The average Bonchev–Trinajstić information content (AvgIpc) is 2.49. The summed E-state index contributed by atoms with van der Waals surface area (Å²) in [6, 6.07) is 0. The minimum atomic E-state index is -0.00727. The molecule has 0 aromatic rings. The lowest BCUT2D eigenvalue weighted by molar-refractivity contribution is -0.127. The first-order chi connectivity index (χ1) is 7.63. The van der Waals surface area contributed by atoms with Gasteiger partial charge < -0.3 is 0 Å². The lowest BCUT2D eigenvalue weighted by atomic mass is 9.63. The highest BCUT2D eigenvalue weighted by molar-refractivity contribution is 6.04. The van der Waals surface area contributed by atoms with Crippen molar-refractivity contribution in [2.24, 2.45) is 17.3 Å². The van der Waals surface area contributed by atoms with Gasteiger partial charge in [0.25, 0.3) is 0 Å². The van der Waals surface area contributed by atoms with Gasteiger partial charge in [0.2, 0.25) is 0 Å². The Hall–Kier alpha value is -0.590. The molecule has 3 aliphatic carbocycles. The summed E-state index contributed by atoms with van der Waals surface area (Å²) in [7, 11) is 0. The first-order valence-corrected chi connectivity index (χ1v) is 6.89. The van der Waals surface area contributed by atoms with Crippen LogP contribution in [0.3, 0.4) is 0 Å². The number of allylic oxidation sites excluding steroid dienone is 2. The number of fused-ring (bicyclic) bond motifs is 2. The van der Waals surface area contributed by atoms with Gasteiger partial charge in [0.15, 0.2) is 5.78 Å². The summed E-state index contributed by atoms with van der Waals surface area (Å²) in [6.45, 7) is 4.56. The normalized spacial score (nSPS) is 43.2. The molecule has 0 bridgehead atoms. The lowest BCUT2D eigenvalue weighted by Crippen LogP contribution is -2.37. The molecular weight excluding hydrogens is 196 g/mol. The van der Waals surface area contributed by atoms with Crippen LogP contribution >= 0.6 is 0 Å². The van der Waals surface area contributed by atoms with Crippen LogP contribution in [0.1, 0.15) is 58.8 Å². The molecular formula is C15H22O.